The van der Waals surface area contributed by atoms with Crippen molar-refractivity contribution in [1.82, 2.24) is 30.7 Å². The second kappa shape index (κ2) is 26.4. The van der Waals surface area contributed by atoms with Crippen LogP contribution in [0.25, 0.3) is 0 Å². The number of carbonyl (C=O) groups is 6. The Labute approximate surface area is 365 Å². The number of rotatable bonds is 26. The number of amides is 5. The molecular formula is C46H78N6O9. The summed E-state index contributed by atoms with van der Waals surface area (Å²) in [5, 5.41) is 8.85. The van der Waals surface area contributed by atoms with Crippen molar-refractivity contribution >= 4 is 35.5 Å². The molecule has 1 aliphatic rings. The summed E-state index contributed by atoms with van der Waals surface area (Å²) in [7, 11) is 8.49. The molecule has 0 radical (unpaired) electrons. The van der Waals surface area contributed by atoms with Crippen LogP contribution < -0.4 is 16.0 Å². The van der Waals surface area contributed by atoms with E-state index in [4.69, 9.17) is 14.2 Å². The van der Waals surface area contributed by atoms with Gasteiger partial charge in [-0.1, -0.05) is 92.1 Å². The highest BCUT2D eigenvalue weighted by Gasteiger charge is 2.43. The molecule has 0 aromatic heterocycles. The molecule has 15 nitrogen and oxygen atoms in total. The summed E-state index contributed by atoms with van der Waals surface area (Å²) in [6.45, 7) is 16.2. The smallest absolute Gasteiger partial charge is 0.305 e. The lowest BCUT2D eigenvalue weighted by Gasteiger charge is -2.41. The van der Waals surface area contributed by atoms with Gasteiger partial charge in [0.05, 0.1) is 49.3 Å². The summed E-state index contributed by atoms with van der Waals surface area (Å²) < 4.78 is 17.2. The number of nitrogens with one attached hydrogen (secondary N) is 3. The quantitative estimate of drug-likeness (QED) is 0.0918. The Morgan fingerprint density at radius 3 is 2.05 bits per heavy atom. The minimum absolute atomic E-state index is 0.0115. The van der Waals surface area contributed by atoms with E-state index in [1.54, 1.807) is 37.8 Å². The maximum Gasteiger partial charge on any atom is 0.305 e. The highest BCUT2D eigenvalue weighted by atomic mass is 16.5. The van der Waals surface area contributed by atoms with Gasteiger partial charge in [-0.05, 0) is 56.7 Å². The largest absolute Gasteiger partial charge is 0.466 e. The Kier molecular flexibility index (Phi) is 23.0. The van der Waals surface area contributed by atoms with Gasteiger partial charge in [0.2, 0.25) is 29.5 Å². The number of methoxy groups -OCH3 is 2. The fraction of sp³-hybridized carbons (Fsp3) is 0.739. The molecule has 0 unspecified atom stereocenters. The fourth-order valence-corrected chi connectivity index (χ4v) is 8.47. The molecule has 5 amide bonds. The highest BCUT2D eigenvalue weighted by Crippen LogP contribution is 2.30. The zero-order chi connectivity index (χ0) is 46.0. The summed E-state index contributed by atoms with van der Waals surface area (Å²) in [5.41, 5.74) is 0.868. The van der Waals surface area contributed by atoms with Gasteiger partial charge in [-0.25, -0.2) is 0 Å². The van der Waals surface area contributed by atoms with Gasteiger partial charge < -0.3 is 40.0 Å². The third kappa shape index (κ3) is 15.7. The lowest BCUT2D eigenvalue weighted by atomic mass is 9.89. The predicted molar refractivity (Wildman–Crippen MR) is 236 cm³/mol. The van der Waals surface area contributed by atoms with Gasteiger partial charge in [0, 0.05) is 47.2 Å². The molecule has 0 aliphatic carbocycles. The second-order valence-electron chi connectivity index (χ2n) is 17.4. The molecule has 15 heteroatoms. The van der Waals surface area contributed by atoms with Gasteiger partial charge in [-0.15, -0.1) is 0 Å². The van der Waals surface area contributed by atoms with E-state index in [-0.39, 0.29) is 85.7 Å². The fourth-order valence-electron chi connectivity index (χ4n) is 8.47. The molecule has 0 bridgehead atoms. The normalized spacial score (nSPS) is 18.1. The Hall–Kier alpha value is -4.08. The molecule has 346 valence electrons. The number of likely N-dealkylation sites (N-methyl/N-ethyl adjacent to an activating group) is 2. The lowest BCUT2D eigenvalue weighted by molar-refractivity contribution is -0.148. The van der Waals surface area contributed by atoms with E-state index in [1.807, 2.05) is 90.9 Å². The van der Waals surface area contributed by atoms with Crippen LogP contribution in [0.5, 0.6) is 0 Å². The van der Waals surface area contributed by atoms with Gasteiger partial charge in [-0.3, -0.25) is 33.7 Å². The predicted octanol–water partition coefficient (Wildman–Crippen LogP) is 3.82. The average molecular weight is 859 g/mol. The maximum atomic E-state index is 14.4. The Bertz CT molecular complexity index is 1530. The highest BCUT2D eigenvalue weighted by molar-refractivity contribution is 5.90. The number of hydrogen-bond donors (Lipinski definition) is 3. The van der Waals surface area contributed by atoms with Crippen molar-refractivity contribution in [2.75, 3.05) is 55.1 Å². The standard InChI is InChI=1S/C46H78N6O9/c1-14-31(7)41(51(11)46(58)39(29(3)4)49-45(57)40(30(5)6)50(9)10)36(59-12)28-37(53)52-25-19-23-35(52)42(60-13)32(8)43(55)48-34(27-33-21-17-16-18-22-33)44(56)47-24-20-26-61-38(54)15-2/h16-18,21-22,29-32,34-36,39-42H,14-15,19-20,23-28H2,1-13H3,(H,47,56)(H,48,55)(H,49,57)/t31-,32+,34-,35-,36+,39-,40-,41-,42+/m0/s1. The molecule has 0 spiro atoms. The van der Waals surface area contributed by atoms with Gasteiger partial charge in [-0.2, -0.15) is 0 Å². The molecule has 1 aromatic carbocycles. The third-order valence-electron chi connectivity index (χ3n) is 12.0. The van der Waals surface area contributed by atoms with Crippen molar-refractivity contribution in [3.63, 3.8) is 0 Å². The third-order valence-corrected chi connectivity index (χ3v) is 12.0. The number of nitrogens with zero attached hydrogens (tertiary/aromatic N) is 3. The Morgan fingerprint density at radius 2 is 1.51 bits per heavy atom. The van der Waals surface area contributed by atoms with Crippen LogP contribution in [0.1, 0.15) is 99.5 Å². The molecule has 1 heterocycles. The second-order valence-corrected chi connectivity index (χ2v) is 17.4. The van der Waals surface area contributed by atoms with Crippen LogP contribution in [-0.2, 0) is 49.4 Å². The van der Waals surface area contributed by atoms with Gasteiger partial charge >= 0.3 is 5.97 Å². The van der Waals surface area contributed by atoms with Crippen LogP contribution >= 0.6 is 0 Å². The van der Waals surface area contributed by atoms with E-state index in [0.717, 1.165) is 5.56 Å². The Balaban J connectivity index is 2.27. The summed E-state index contributed by atoms with van der Waals surface area (Å²) in [6.07, 6.45) is 1.65. The van der Waals surface area contributed by atoms with Crippen molar-refractivity contribution in [2.24, 2.45) is 23.7 Å². The average Bonchev–Trinajstić information content (AvgIpc) is 3.71. The van der Waals surface area contributed by atoms with Crippen LogP contribution in [-0.4, -0.2) is 148 Å². The maximum absolute atomic E-state index is 14.4. The summed E-state index contributed by atoms with van der Waals surface area (Å²) in [5.74, 6) is -2.65. The molecule has 0 saturated carbocycles. The number of likely N-dealkylation sites (tertiary alicyclic amines) is 1. The Morgan fingerprint density at radius 1 is 0.852 bits per heavy atom. The number of ether oxygens (including phenoxy) is 3. The van der Waals surface area contributed by atoms with E-state index in [0.29, 0.717) is 32.2 Å². The molecule has 9 atom stereocenters. The van der Waals surface area contributed by atoms with Crippen LogP contribution in [0.15, 0.2) is 30.3 Å². The van der Waals surface area contributed by atoms with E-state index in [2.05, 4.69) is 16.0 Å². The van der Waals surface area contributed by atoms with Crippen LogP contribution in [0.4, 0.5) is 0 Å². The molecule has 1 saturated heterocycles. The van der Waals surface area contributed by atoms with E-state index in [1.165, 1.54) is 7.11 Å². The first kappa shape index (κ1) is 53.1. The molecular weight excluding hydrogens is 781 g/mol. The van der Waals surface area contributed by atoms with Gasteiger partial charge in [0.1, 0.15) is 12.1 Å². The number of hydrogen-bond acceptors (Lipinski definition) is 10. The van der Waals surface area contributed by atoms with Crippen LogP contribution in [0.2, 0.25) is 0 Å². The van der Waals surface area contributed by atoms with Crippen molar-refractivity contribution in [3.05, 3.63) is 35.9 Å². The first-order chi connectivity index (χ1) is 28.8. The first-order valence-corrected chi connectivity index (χ1v) is 22.2. The van der Waals surface area contributed by atoms with Crippen molar-refractivity contribution in [3.8, 4) is 0 Å². The molecule has 3 N–H and O–H groups in total. The van der Waals surface area contributed by atoms with Gasteiger partial charge in [0.15, 0.2) is 0 Å². The van der Waals surface area contributed by atoms with E-state index >= 15 is 0 Å². The summed E-state index contributed by atoms with van der Waals surface area (Å²) in [6, 6.07) is 6.41. The lowest BCUT2D eigenvalue weighted by Crippen LogP contribution is -2.59. The zero-order valence-electron chi connectivity index (χ0n) is 39.3. The molecule has 1 aliphatic heterocycles. The van der Waals surface area contributed by atoms with Crippen LogP contribution in [0, 0.1) is 23.7 Å². The van der Waals surface area contributed by atoms with Gasteiger partial charge in [0.25, 0.3) is 0 Å². The van der Waals surface area contributed by atoms with Crippen molar-refractivity contribution in [1.29, 1.82) is 0 Å². The zero-order valence-corrected chi connectivity index (χ0v) is 39.3. The molecule has 1 aromatic rings. The minimum Gasteiger partial charge on any atom is -0.466 e. The molecule has 1 fully saturated rings. The van der Waals surface area contributed by atoms with Crippen LogP contribution in [0.3, 0.4) is 0 Å². The number of esters is 1. The van der Waals surface area contributed by atoms with E-state index in [9.17, 15) is 28.8 Å². The van der Waals surface area contributed by atoms with Crippen molar-refractivity contribution < 1.29 is 43.0 Å². The number of benzene rings is 1. The first-order valence-electron chi connectivity index (χ1n) is 22.2. The molecule has 61 heavy (non-hydrogen) atoms. The molecule has 2 rings (SSSR count). The minimum atomic E-state index is -0.887. The topological polar surface area (TPSA) is 176 Å². The SMILES string of the molecule is CCC(=O)OCCCNC(=O)[C@H](Cc1ccccc1)NC(=O)[C@H](C)[C@@H](OC)[C@@H]1CCCN1C(=O)C[C@@H](OC)[C@H]([C@@H](C)CC)N(C)C(=O)[C@@H](NC(=O)[C@H](C(C)C)N(C)C)C(C)C. The summed E-state index contributed by atoms with van der Waals surface area (Å²) in [4.78, 5) is 86.4. The number of carbonyl (C=O) groups excluding carboxylic acids is 6. The monoisotopic (exact) mass is 859 g/mol. The summed E-state index contributed by atoms with van der Waals surface area (Å²) >= 11 is 0. The van der Waals surface area contributed by atoms with Crippen molar-refractivity contribution in [2.45, 2.75) is 143 Å². The van der Waals surface area contributed by atoms with E-state index < -0.39 is 48.3 Å².